The molecule has 0 saturated heterocycles. The number of benzene rings is 1. The second kappa shape index (κ2) is 6.84. The lowest BCUT2D eigenvalue weighted by atomic mass is 10.1. The minimum absolute atomic E-state index is 0.0582. The molecule has 0 aliphatic heterocycles. The van der Waals surface area contributed by atoms with E-state index in [-0.39, 0.29) is 5.91 Å². The van der Waals surface area contributed by atoms with Crippen LogP contribution >= 0.6 is 0 Å². The average Bonchev–Trinajstić information content (AvgIpc) is 3.27. The number of pyridine rings is 1. The van der Waals surface area contributed by atoms with Crippen molar-refractivity contribution in [1.29, 1.82) is 0 Å². The lowest BCUT2D eigenvalue weighted by molar-refractivity contribution is -0.120. The first-order valence-electron chi connectivity index (χ1n) is 8.37. The van der Waals surface area contributed by atoms with Crippen LogP contribution in [0.2, 0.25) is 0 Å². The van der Waals surface area contributed by atoms with E-state index in [0.717, 1.165) is 22.2 Å². The van der Waals surface area contributed by atoms with Gasteiger partial charge in [0.25, 0.3) is 0 Å². The maximum absolute atomic E-state index is 12.3. The predicted molar refractivity (Wildman–Crippen MR) is 98.2 cm³/mol. The summed E-state index contributed by atoms with van der Waals surface area (Å²) in [5.74, 6) is 0.536. The summed E-state index contributed by atoms with van der Waals surface area (Å²) >= 11 is 0. The van der Waals surface area contributed by atoms with E-state index in [0.29, 0.717) is 24.4 Å². The molecule has 4 aromatic rings. The van der Waals surface area contributed by atoms with Crippen LogP contribution in [0.25, 0.3) is 22.3 Å². The number of carbonyl (C=O) groups excluding carboxylic acids is 1. The highest BCUT2D eigenvalue weighted by Gasteiger charge is 2.12. The van der Waals surface area contributed by atoms with Crippen LogP contribution in [0.4, 0.5) is 0 Å². The Morgan fingerprint density at radius 2 is 2.00 bits per heavy atom. The average molecular weight is 346 g/mol. The Balaban J connectivity index is 1.41. The van der Waals surface area contributed by atoms with Gasteiger partial charge in [-0.1, -0.05) is 29.4 Å². The zero-order valence-corrected chi connectivity index (χ0v) is 14.3. The zero-order valence-electron chi connectivity index (χ0n) is 14.3. The Bertz CT molecular complexity index is 1050. The highest BCUT2D eigenvalue weighted by atomic mass is 16.5. The van der Waals surface area contributed by atoms with Gasteiger partial charge in [-0.3, -0.25) is 9.78 Å². The number of aromatic nitrogens is 3. The largest absolute Gasteiger partial charge is 0.359 e. The summed E-state index contributed by atoms with van der Waals surface area (Å²) in [5.41, 5.74) is 3.52. The van der Waals surface area contributed by atoms with Gasteiger partial charge < -0.3 is 14.4 Å². The van der Waals surface area contributed by atoms with Crippen molar-refractivity contribution in [3.8, 4) is 11.4 Å². The molecule has 1 aromatic carbocycles. The van der Waals surface area contributed by atoms with Gasteiger partial charge in [0.2, 0.25) is 5.91 Å². The molecule has 0 saturated carbocycles. The van der Waals surface area contributed by atoms with Crippen LogP contribution in [0.15, 0.2) is 65.4 Å². The van der Waals surface area contributed by atoms with Crippen LogP contribution in [0, 0.1) is 0 Å². The molecule has 0 aliphatic rings. The number of fused-ring (bicyclic) bond motifs is 1. The molecule has 130 valence electrons. The number of rotatable bonds is 5. The normalized spacial score (nSPS) is 11.0. The summed E-state index contributed by atoms with van der Waals surface area (Å²) in [5, 5.41) is 7.98. The summed E-state index contributed by atoms with van der Waals surface area (Å²) in [7, 11) is 1.98. The fourth-order valence-corrected chi connectivity index (χ4v) is 3.02. The third kappa shape index (κ3) is 3.21. The van der Waals surface area contributed by atoms with Gasteiger partial charge in [-0.25, -0.2) is 0 Å². The van der Waals surface area contributed by atoms with Crippen molar-refractivity contribution in [3.63, 3.8) is 0 Å². The van der Waals surface area contributed by atoms with Gasteiger partial charge in [-0.2, -0.15) is 0 Å². The fourth-order valence-electron chi connectivity index (χ4n) is 3.02. The Morgan fingerprint density at radius 1 is 1.15 bits per heavy atom. The van der Waals surface area contributed by atoms with Gasteiger partial charge in [0, 0.05) is 36.4 Å². The summed E-state index contributed by atoms with van der Waals surface area (Å²) < 4.78 is 7.32. The molecule has 4 rings (SSSR count). The van der Waals surface area contributed by atoms with E-state index in [9.17, 15) is 4.79 Å². The van der Waals surface area contributed by atoms with Crippen LogP contribution < -0.4 is 5.32 Å². The minimum atomic E-state index is -0.0582. The monoisotopic (exact) mass is 346 g/mol. The van der Waals surface area contributed by atoms with Crippen molar-refractivity contribution in [2.45, 2.75) is 13.0 Å². The van der Waals surface area contributed by atoms with E-state index >= 15 is 0 Å². The molecule has 0 bridgehead atoms. The molecular weight excluding hydrogens is 328 g/mol. The summed E-state index contributed by atoms with van der Waals surface area (Å²) in [6.45, 7) is 0.295. The van der Waals surface area contributed by atoms with Crippen molar-refractivity contribution >= 4 is 16.8 Å². The second-order valence-corrected chi connectivity index (χ2v) is 6.13. The maximum atomic E-state index is 12.3. The summed E-state index contributed by atoms with van der Waals surface area (Å²) in [6, 6.07) is 15.5. The SMILES string of the molecule is Cn1cc(CC(=O)NCc2cc(-c3ccccn3)no2)c2ccccc21. The zero-order chi connectivity index (χ0) is 17.9. The standard InChI is InChI=1S/C20H18N4O2/c1-24-13-14(16-6-2-3-8-19(16)24)10-20(25)22-12-15-11-18(23-26-15)17-7-4-5-9-21-17/h2-9,11,13H,10,12H2,1H3,(H,22,25). The highest BCUT2D eigenvalue weighted by molar-refractivity contribution is 5.89. The lowest BCUT2D eigenvalue weighted by Crippen LogP contribution is -2.24. The molecule has 0 atom stereocenters. The first-order chi connectivity index (χ1) is 12.7. The first-order valence-corrected chi connectivity index (χ1v) is 8.37. The minimum Gasteiger partial charge on any atom is -0.359 e. The van der Waals surface area contributed by atoms with Gasteiger partial charge in [-0.05, 0) is 23.8 Å². The fraction of sp³-hybridized carbons (Fsp3) is 0.150. The van der Waals surface area contributed by atoms with Crippen LogP contribution in [0.3, 0.4) is 0 Å². The lowest BCUT2D eigenvalue weighted by Gasteiger charge is -2.02. The number of carbonyl (C=O) groups is 1. The number of hydrogen-bond donors (Lipinski definition) is 1. The van der Waals surface area contributed by atoms with Gasteiger partial charge in [-0.15, -0.1) is 0 Å². The summed E-state index contributed by atoms with van der Waals surface area (Å²) in [6.07, 6.45) is 4.02. The van der Waals surface area contributed by atoms with E-state index in [2.05, 4.69) is 15.5 Å². The molecule has 1 N–H and O–H groups in total. The van der Waals surface area contributed by atoms with E-state index < -0.39 is 0 Å². The quantitative estimate of drug-likeness (QED) is 0.603. The Morgan fingerprint density at radius 3 is 2.85 bits per heavy atom. The van der Waals surface area contributed by atoms with E-state index in [1.165, 1.54) is 0 Å². The molecule has 6 nitrogen and oxygen atoms in total. The van der Waals surface area contributed by atoms with E-state index in [1.807, 2.05) is 60.3 Å². The summed E-state index contributed by atoms with van der Waals surface area (Å²) in [4.78, 5) is 16.6. The number of aryl methyl sites for hydroxylation is 1. The third-order valence-corrected chi connectivity index (χ3v) is 4.28. The van der Waals surface area contributed by atoms with Gasteiger partial charge in [0.05, 0.1) is 18.7 Å². The molecule has 26 heavy (non-hydrogen) atoms. The number of hydrogen-bond acceptors (Lipinski definition) is 4. The van der Waals surface area contributed by atoms with Crippen molar-refractivity contribution < 1.29 is 9.32 Å². The molecule has 0 aliphatic carbocycles. The van der Waals surface area contributed by atoms with Crippen molar-refractivity contribution in [2.75, 3.05) is 0 Å². The molecule has 6 heteroatoms. The second-order valence-electron chi connectivity index (χ2n) is 6.13. The first kappa shape index (κ1) is 16.1. The van der Waals surface area contributed by atoms with Crippen LogP contribution in [0.5, 0.6) is 0 Å². The molecular formula is C20H18N4O2. The number of amides is 1. The Hall–Kier alpha value is -3.41. The number of nitrogens with zero attached hydrogens (tertiary/aromatic N) is 3. The Labute approximate surface area is 150 Å². The smallest absolute Gasteiger partial charge is 0.224 e. The third-order valence-electron chi connectivity index (χ3n) is 4.28. The van der Waals surface area contributed by atoms with E-state index in [1.54, 1.807) is 12.3 Å². The van der Waals surface area contributed by atoms with Crippen molar-refractivity contribution in [2.24, 2.45) is 7.05 Å². The van der Waals surface area contributed by atoms with Gasteiger partial charge in [0.15, 0.2) is 5.76 Å². The molecule has 0 radical (unpaired) electrons. The molecule has 1 amide bonds. The van der Waals surface area contributed by atoms with Crippen LogP contribution in [0.1, 0.15) is 11.3 Å². The molecule has 0 spiro atoms. The van der Waals surface area contributed by atoms with Crippen molar-refractivity contribution in [3.05, 3.63) is 72.2 Å². The number of nitrogens with one attached hydrogen (secondary N) is 1. The Kier molecular flexibility index (Phi) is 4.23. The van der Waals surface area contributed by atoms with Gasteiger partial charge >= 0.3 is 0 Å². The molecule has 0 fully saturated rings. The van der Waals surface area contributed by atoms with Crippen molar-refractivity contribution in [1.82, 2.24) is 20.0 Å². The molecule has 0 unspecified atom stereocenters. The topological polar surface area (TPSA) is 73.0 Å². The molecule has 3 heterocycles. The highest BCUT2D eigenvalue weighted by Crippen LogP contribution is 2.21. The van der Waals surface area contributed by atoms with Gasteiger partial charge in [0.1, 0.15) is 5.69 Å². The molecule has 3 aromatic heterocycles. The van der Waals surface area contributed by atoms with E-state index in [4.69, 9.17) is 4.52 Å². The predicted octanol–water partition coefficient (Wildman–Crippen LogP) is 3.09. The maximum Gasteiger partial charge on any atom is 0.224 e. The van der Waals surface area contributed by atoms with Crippen LogP contribution in [-0.4, -0.2) is 20.6 Å². The van der Waals surface area contributed by atoms with Crippen LogP contribution in [-0.2, 0) is 24.8 Å². The number of para-hydroxylation sites is 1.